The minimum atomic E-state index is 0.608. The van der Waals surface area contributed by atoms with Crippen molar-refractivity contribution in [1.29, 1.82) is 0 Å². The van der Waals surface area contributed by atoms with Crippen molar-refractivity contribution in [2.45, 2.75) is 51.0 Å². The van der Waals surface area contributed by atoms with Crippen LogP contribution in [0.5, 0.6) is 0 Å². The first kappa shape index (κ1) is 12.9. The topological polar surface area (TPSA) is 40.7 Å². The predicted octanol–water partition coefficient (Wildman–Crippen LogP) is 4.60. The molecule has 1 aromatic carbocycles. The van der Waals surface area contributed by atoms with Gasteiger partial charge in [-0.05, 0) is 43.9 Å². The Labute approximate surface area is 126 Å². The van der Waals surface area contributed by atoms with Crippen LogP contribution in [0.4, 0.5) is 5.69 Å². The molecule has 3 nitrogen and oxygen atoms in total. The molecule has 1 heterocycles. The van der Waals surface area contributed by atoms with Crippen LogP contribution in [0.15, 0.2) is 36.5 Å². The van der Waals surface area contributed by atoms with Crippen molar-refractivity contribution in [2.75, 3.05) is 5.32 Å². The van der Waals surface area contributed by atoms with Crippen molar-refractivity contribution in [2.24, 2.45) is 5.41 Å². The lowest BCUT2D eigenvalue weighted by Gasteiger charge is -2.47. The average Bonchev–Trinajstić information content (AvgIpc) is 2.96. The number of hydrogen-bond donors (Lipinski definition) is 2. The largest absolute Gasteiger partial charge is 0.379 e. The first-order valence-electron chi connectivity index (χ1n) is 8.20. The van der Waals surface area contributed by atoms with Gasteiger partial charge in [-0.1, -0.05) is 36.8 Å². The maximum Gasteiger partial charge on any atom is 0.0882 e. The molecule has 0 aliphatic heterocycles. The van der Waals surface area contributed by atoms with E-state index in [0.29, 0.717) is 6.04 Å². The summed E-state index contributed by atoms with van der Waals surface area (Å²) in [5.74, 6) is 0. The molecule has 0 amide bonds. The number of aromatic amines is 1. The molecule has 1 aromatic heterocycles. The second-order valence-electron chi connectivity index (χ2n) is 6.80. The average molecular weight is 281 g/mol. The van der Waals surface area contributed by atoms with Crippen molar-refractivity contribution in [3.05, 3.63) is 36.5 Å². The van der Waals surface area contributed by atoms with E-state index in [1.165, 1.54) is 50.5 Å². The number of hydrogen-bond acceptors (Lipinski definition) is 2. The highest BCUT2D eigenvalue weighted by atomic mass is 15.1. The third-order valence-electron chi connectivity index (χ3n) is 5.52. The molecule has 21 heavy (non-hydrogen) atoms. The number of anilines is 1. The molecule has 0 bridgehead atoms. The minimum absolute atomic E-state index is 0.608. The molecule has 0 saturated heterocycles. The zero-order valence-corrected chi connectivity index (χ0v) is 12.4. The van der Waals surface area contributed by atoms with Crippen LogP contribution in [0.25, 0.3) is 11.3 Å². The van der Waals surface area contributed by atoms with E-state index >= 15 is 0 Å². The van der Waals surface area contributed by atoms with E-state index in [0.717, 1.165) is 16.8 Å². The zero-order valence-electron chi connectivity index (χ0n) is 12.4. The number of H-pyrrole nitrogens is 1. The normalized spacial score (nSPS) is 21.1. The molecule has 0 radical (unpaired) electrons. The Morgan fingerprint density at radius 3 is 2.48 bits per heavy atom. The molecular weight excluding hydrogens is 258 g/mol. The Morgan fingerprint density at radius 2 is 1.81 bits per heavy atom. The number of nitrogens with one attached hydrogen (secondary N) is 2. The van der Waals surface area contributed by atoms with E-state index in [4.69, 9.17) is 0 Å². The second kappa shape index (κ2) is 5.21. The summed E-state index contributed by atoms with van der Waals surface area (Å²) in [6.07, 6.45) is 11.8. The van der Waals surface area contributed by atoms with Gasteiger partial charge in [0.25, 0.3) is 0 Å². The lowest BCUT2D eigenvalue weighted by molar-refractivity contribution is 0.0730. The molecule has 1 spiro atoms. The summed E-state index contributed by atoms with van der Waals surface area (Å²) >= 11 is 0. The molecule has 0 unspecified atom stereocenters. The van der Waals surface area contributed by atoms with E-state index in [1.54, 1.807) is 0 Å². The predicted molar refractivity (Wildman–Crippen MR) is 86.2 cm³/mol. The molecule has 2 aliphatic rings. The first-order valence-corrected chi connectivity index (χ1v) is 8.20. The van der Waals surface area contributed by atoms with Crippen LogP contribution in [0.3, 0.4) is 0 Å². The molecule has 3 heteroatoms. The number of nitrogens with zero attached hydrogens (tertiary/aromatic N) is 1. The van der Waals surface area contributed by atoms with Crippen molar-refractivity contribution in [3.63, 3.8) is 0 Å². The molecule has 2 fully saturated rings. The van der Waals surface area contributed by atoms with Gasteiger partial charge in [0.2, 0.25) is 0 Å². The molecule has 110 valence electrons. The fourth-order valence-corrected chi connectivity index (χ4v) is 3.99. The maximum atomic E-state index is 4.23. The number of rotatable bonds is 3. The summed E-state index contributed by atoms with van der Waals surface area (Å²) in [6, 6.07) is 11.1. The molecule has 2 aromatic rings. The quantitative estimate of drug-likeness (QED) is 0.863. The van der Waals surface area contributed by atoms with Gasteiger partial charge in [0.15, 0.2) is 0 Å². The fraction of sp³-hybridized carbons (Fsp3) is 0.500. The summed E-state index contributed by atoms with van der Waals surface area (Å²) in [4.78, 5) is 0. The van der Waals surface area contributed by atoms with Crippen LogP contribution in [0.2, 0.25) is 0 Å². The van der Waals surface area contributed by atoms with E-state index in [9.17, 15) is 0 Å². The van der Waals surface area contributed by atoms with Gasteiger partial charge >= 0.3 is 0 Å². The highest BCUT2D eigenvalue weighted by molar-refractivity contribution is 5.73. The van der Waals surface area contributed by atoms with Gasteiger partial charge in [0.05, 0.1) is 17.6 Å². The number of aromatic nitrogens is 2. The summed E-state index contributed by atoms with van der Waals surface area (Å²) < 4.78 is 0. The summed E-state index contributed by atoms with van der Waals surface area (Å²) in [7, 11) is 0. The molecule has 2 aliphatic carbocycles. The Balaban J connectivity index is 1.45. The minimum Gasteiger partial charge on any atom is -0.379 e. The molecule has 2 N–H and O–H groups in total. The van der Waals surface area contributed by atoms with Gasteiger partial charge in [0.1, 0.15) is 0 Å². The summed E-state index contributed by atoms with van der Waals surface area (Å²) in [5, 5.41) is 11.1. The van der Waals surface area contributed by atoms with Crippen LogP contribution in [0, 0.1) is 5.41 Å². The van der Waals surface area contributed by atoms with Crippen LogP contribution in [-0.4, -0.2) is 16.2 Å². The smallest absolute Gasteiger partial charge is 0.0882 e. The van der Waals surface area contributed by atoms with Crippen LogP contribution in [0.1, 0.15) is 44.9 Å². The van der Waals surface area contributed by atoms with Crippen LogP contribution < -0.4 is 5.32 Å². The fourth-order valence-electron chi connectivity index (χ4n) is 3.99. The lowest BCUT2D eigenvalue weighted by Crippen LogP contribution is -2.37. The lowest BCUT2D eigenvalue weighted by atomic mass is 9.60. The van der Waals surface area contributed by atoms with Gasteiger partial charge in [0, 0.05) is 11.6 Å². The Morgan fingerprint density at radius 1 is 1.05 bits per heavy atom. The molecule has 4 rings (SSSR count). The SMILES string of the molecule is c1ccc(-c2[nH]ncc2NC2CCC3(CCC3)CC2)cc1. The summed E-state index contributed by atoms with van der Waals surface area (Å²) in [5.41, 5.74) is 4.19. The highest BCUT2D eigenvalue weighted by Gasteiger charge is 2.39. The standard InChI is InChI=1S/C18H23N3/c1-2-5-14(6-3-1)17-16(13-19-21-17)20-15-7-11-18(12-8-15)9-4-10-18/h1-3,5-6,13,15,20H,4,7-12H2,(H,19,21). The molecular formula is C18H23N3. The van der Waals surface area contributed by atoms with E-state index in [1.807, 2.05) is 12.3 Å². The third kappa shape index (κ3) is 2.45. The number of benzene rings is 1. The third-order valence-corrected chi connectivity index (χ3v) is 5.52. The van der Waals surface area contributed by atoms with Crippen LogP contribution >= 0.6 is 0 Å². The van der Waals surface area contributed by atoms with E-state index in [2.05, 4.69) is 39.8 Å². The Bertz CT molecular complexity index is 588. The van der Waals surface area contributed by atoms with Crippen molar-refractivity contribution in [3.8, 4) is 11.3 Å². The molecule has 2 saturated carbocycles. The Kier molecular flexibility index (Phi) is 3.21. The van der Waals surface area contributed by atoms with Gasteiger partial charge in [-0.3, -0.25) is 5.10 Å². The molecule has 0 atom stereocenters. The maximum absolute atomic E-state index is 4.23. The van der Waals surface area contributed by atoms with Crippen molar-refractivity contribution >= 4 is 5.69 Å². The van der Waals surface area contributed by atoms with Crippen molar-refractivity contribution in [1.82, 2.24) is 10.2 Å². The van der Waals surface area contributed by atoms with Gasteiger partial charge in [-0.25, -0.2) is 0 Å². The van der Waals surface area contributed by atoms with E-state index < -0.39 is 0 Å². The highest BCUT2D eigenvalue weighted by Crippen LogP contribution is 2.51. The monoisotopic (exact) mass is 281 g/mol. The Hall–Kier alpha value is -1.77. The van der Waals surface area contributed by atoms with Crippen LogP contribution in [-0.2, 0) is 0 Å². The second-order valence-corrected chi connectivity index (χ2v) is 6.80. The van der Waals surface area contributed by atoms with E-state index in [-0.39, 0.29) is 0 Å². The van der Waals surface area contributed by atoms with Gasteiger partial charge < -0.3 is 5.32 Å². The summed E-state index contributed by atoms with van der Waals surface area (Å²) in [6.45, 7) is 0. The van der Waals surface area contributed by atoms with Crippen molar-refractivity contribution < 1.29 is 0 Å². The van der Waals surface area contributed by atoms with Gasteiger partial charge in [-0.2, -0.15) is 5.10 Å². The zero-order chi connectivity index (χ0) is 14.1. The first-order chi connectivity index (χ1) is 10.3. The van der Waals surface area contributed by atoms with Gasteiger partial charge in [-0.15, -0.1) is 0 Å².